The molecule has 2 saturated carbocycles. The van der Waals surface area contributed by atoms with Crippen LogP contribution in [0.2, 0.25) is 0 Å². The highest BCUT2D eigenvalue weighted by atomic mass is 19.1. The molecule has 2 aliphatic carbocycles. The molecular weight excluding hydrogens is 338 g/mol. The molecule has 4 aliphatic rings. The molecule has 6 heteroatoms. The second-order valence-corrected chi connectivity index (χ2v) is 8.26. The number of nitriles is 1. The molecule has 0 spiro atoms. The van der Waals surface area contributed by atoms with Gasteiger partial charge in [0.15, 0.2) is 0 Å². The van der Waals surface area contributed by atoms with E-state index in [0.29, 0.717) is 50.0 Å². The summed E-state index contributed by atoms with van der Waals surface area (Å²) in [5.74, 6) is -0.0573. The van der Waals surface area contributed by atoms with Gasteiger partial charge in [0, 0.05) is 17.9 Å². The smallest absolute Gasteiger partial charge is 0.226 e. The minimum absolute atomic E-state index is 0.0469. The maximum Gasteiger partial charge on any atom is 0.226 e. The Bertz CT molecular complexity index is 836. The van der Waals surface area contributed by atoms with E-state index in [-0.39, 0.29) is 35.5 Å². The number of fused-ring (bicyclic) bond motifs is 6. The lowest BCUT2D eigenvalue weighted by Gasteiger charge is -2.35. The van der Waals surface area contributed by atoms with Gasteiger partial charge in [0.1, 0.15) is 29.4 Å². The van der Waals surface area contributed by atoms with Gasteiger partial charge in [0.05, 0.1) is 18.2 Å². The number of halogens is 2. The van der Waals surface area contributed by atoms with Gasteiger partial charge >= 0.3 is 0 Å². The average molecular weight is 358 g/mol. The van der Waals surface area contributed by atoms with Crippen LogP contribution in [-0.4, -0.2) is 29.1 Å². The molecule has 2 aliphatic heterocycles. The Hall–Kier alpha value is -2.16. The van der Waals surface area contributed by atoms with Crippen LogP contribution in [0.15, 0.2) is 12.1 Å². The third kappa shape index (κ3) is 2.26. The highest BCUT2D eigenvalue weighted by Crippen LogP contribution is 2.52. The van der Waals surface area contributed by atoms with Gasteiger partial charge in [-0.3, -0.25) is 4.79 Å². The number of amides is 1. The summed E-state index contributed by atoms with van der Waals surface area (Å²) in [6.45, 7) is 0.453. The van der Waals surface area contributed by atoms with E-state index in [1.807, 2.05) is 6.07 Å². The zero-order valence-electron chi connectivity index (χ0n) is 14.4. The van der Waals surface area contributed by atoms with Crippen molar-refractivity contribution in [2.75, 3.05) is 6.54 Å². The maximum absolute atomic E-state index is 14.5. The van der Waals surface area contributed by atoms with E-state index in [1.54, 1.807) is 4.90 Å². The Balaban J connectivity index is 1.46. The van der Waals surface area contributed by atoms with Crippen molar-refractivity contribution in [3.05, 3.63) is 29.1 Å². The maximum atomic E-state index is 14.5. The van der Waals surface area contributed by atoms with Crippen LogP contribution >= 0.6 is 0 Å². The lowest BCUT2D eigenvalue weighted by molar-refractivity contribution is -0.140. The summed E-state index contributed by atoms with van der Waals surface area (Å²) in [6, 6.07) is 4.29. The van der Waals surface area contributed by atoms with E-state index in [0.717, 1.165) is 6.42 Å². The largest absolute Gasteiger partial charge is 0.487 e. The molecule has 0 radical (unpaired) electrons. The molecule has 1 amide bonds. The molecule has 1 aromatic carbocycles. The fourth-order valence-corrected chi connectivity index (χ4v) is 5.54. The zero-order valence-corrected chi connectivity index (χ0v) is 14.4. The zero-order chi connectivity index (χ0) is 18.1. The third-order valence-corrected chi connectivity index (χ3v) is 6.77. The minimum atomic E-state index is -1.07. The molecule has 1 aromatic rings. The molecule has 3 fully saturated rings. The Kier molecular flexibility index (Phi) is 3.34. The summed E-state index contributed by atoms with van der Waals surface area (Å²) < 4.78 is 34.3. The molecule has 4 nitrogen and oxygen atoms in total. The molecule has 5 atom stereocenters. The molecule has 26 heavy (non-hydrogen) atoms. The Morgan fingerprint density at radius 3 is 2.96 bits per heavy atom. The summed E-state index contributed by atoms with van der Waals surface area (Å²) in [4.78, 5) is 15.1. The first-order chi connectivity index (χ1) is 12.5. The van der Waals surface area contributed by atoms with Gasteiger partial charge in [0.25, 0.3) is 0 Å². The van der Waals surface area contributed by atoms with Gasteiger partial charge in [-0.2, -0.15) is 5.26 Å². The fraction of sp³-hybridized carbons (Fsp3) is 0.600. The van der Waals surface area contributed by atoms with E-state index >= 15 is 0 Å². The highest BCUT2D eigenvalue weighted by Gasteiger charge is 2.52. The number of carbonyl (C=O) groups excluding carboxylic acids is 1. The number of rotatable bonds is 1. The van der Waals surface area contributed by atoms with E-state index in [4.69, 9.17) is 4.74 Å². The van der Waals surface area contributed by atoms with E-state index < -0.39 is 11.5 Å². The number of hydrogen-bond donors (Lipinski definition) is 0. The number of benzene rings is 1. The highest BCUT2D eigenvalue weighted by molar-refractivity contribution is 5.81. The number of hydrogen-bond acceptors (Lipinski definition) is 3. The van der Waals surface area contributed by atoms with Crippen LogP contribution < -0.4 is 4.74 Å². The van der Waals surface area contributed by atoms with Gasteiger partial charge < -0.3 is 9.64 Å². The first-order valence-electron chi connectivity index (χ1n) is 9.37. The van der Waals surface area contributed by atoms with Crippen LogP contribution in [0.25, 0.3) is 0 Å². The Morgan fingerprint density at radius 1 is 1.35 bits per heavy atom. The lowest BCUT2D eigenvalue weighted by Crippen LogP contribution is -2.41. The van der Waals surface area contributed by atoms with Crippen molar-refractivity contribution >= 4 is 5.91 Å². The van der Waals surface area contributed by atoms with Crippen LogP contribution in [0.1, 0.15) is 55.7 Å². The molecule has 5 rings (SSSR count). The number of nitrogens with zero attached hydrogens (tertiary/aromatic N) is 2. The number of alkyl halides is 1. The Labute approximate surface area is 150 Å². The van der Waals surface area contributed by atoms with Crippen molar-refractivity contribution in [2.24, 2.45) is 11.8 Å². The summed E-state index contributed by atoms with van der Waals surface area (Å²) >= 11 is 0. The van der Waals surface area contributed by atoms with E-state index in [9.17, 15) is 18.8 Å². The topological polar surface area (TPSA) is 53.3 Å². The SMILES string of the molecule is N#Cc1cc(F)cc2c1O[C@H]1C[C@@H]2N(C(=O)C2CCC3(F)CCC2C3)C1. The third-order valence-electron chi connectivity index (χ3n) is 6.77. The van der Waals surface area contributed by atoms with E-state index in [2.05, 4.69) is 0 Å². The van der Waals surface area contributed by atoms with Crippen molar-refractivity contribution in [1.82, 2.24) is 4.90 Å². The van der Waals surface area contributed by atoms with Gasteiger partial charge in [0.2, 0.25) is 5.91 Å². The summed E-state index contributed by atoms with van der Waals surface area (Å²) in [7, 11) is 0. The molecule has 3 unspecified atom stereocenters. The first kappa shape index (κ1) is 16.0. The fourth-order valence-electron chi connectivity index (χ4n) is 5.54. The average Bonchev–Trinajstić information content (AvgIpc) is 3.13. The van der Waals surface area contributed by atoms with Crippen molar-refractivity contribution < 1.29 is 18.3 Å². The lowest BCUT2D eigenvalue weighted by atomic mass is 9.77. The summed E-state index contributed by atoms with van der Waals surface area (Å²) in [5, 5.41) is 9.27. The van der Waals surface area contributed by atoms with Crippen molar-refractivity contribution in [3.8, 4) is 11.8 Å². The van der Waals surface area contributed by atoms with Crippen LogP contribution in [-0.2, 0) is 4.79 Å². The van der Waals surface area contributed by atoms with Crippen LogP contribution in [0, 0.1) is 29.0 Å². The molecule has 136 valence electrons. The normalized spacial score (nSPS) is 37.0. The van der Waals surface area contributed by atoms with Crippen molar-refractivity contribution in [1.29, 1.82) is 5.26 Å². The molecular formula is C20H20F2N2O2. The van der Waals surface area contributed by atoms with Gasteiger partial charge in [-0.05, 0) is 50.2 Å². The predicted molar refractivity (Wildman–Crippen MR) is 88.5 cm³/mol. The molecule has 4 bridgehead atoms. The van der Waals surface area contributed by atoms with Gasteiger partial charge in [-0.1, -0.05) is 0 Å². The monoisotopic (exact) mass is 358 g/mol. The number of carbonyl (C=O) groups is 1. The van der Waals surface area contributed by atoms with Crippen LogP contribution in [0.4, 0.5) is 8.78 Å². The molecule has 0 aromatic heterocycles. The molecule has 0 N–H and O–H groups in total. The minimum Gasteiger partial charge on any atom is -0.487 e. The van der Waals surface area contributed by atoms with Crippen LogP contribution in [0.5, 0.6) is 5.75 Å². The first-order valence-corrected chi connectivity index (χ1v) is 9.37. The number of likely N-dealkylation sites (tertiary alicyclic amines) is 1. The molecule has 2 heterocycles. The standard InChI is InChI=1S/C20H20F2N2O2/c21-13-5-12(9-23)18-16(6-13)17-7-14(26-18)10-24(17)19(25)15-2-4-20(22)3-1-11(15)8-20/h5-6,11,14-15,17H,1-4,7-8,10H2/t11?,14-,15?,17-,20?/m0/s1. The number of ether oxygens (including phenoxy) is 1. The predicted octanol–water partition coefficient (Wildman–Crippen LogP) is 3.65. The summed E-state index contributed by atoms with van der Waals surface area (Å²) in [6.07, 6.45) is 3.34. The Morgan fingerprint density at radius 2 is 2.15 bits per heavy atom. The second kappa shape index (κ2) is 5.42. The van der Waals surface area contributed by atoms with Crippen LogP contribution in [0.3, 0.4) is 0 Å². The quantitative estimate of drug-likeness (QED) is 0.770. The van der Waals surface area contributed by atoms with Gasteiger partial charge in [-0.15, -0.1) is 0 Å². The van der Waals surface area contributed by atoms with Crippen molar-refractivity contribution in [3.63, 3.8) is 0 Å². The molecule has 1 saturated heterocycles. The summed E-state index contributed by atoms with van der Waals surface area (Å²) in [5.41, 5.74) is -0.298. The van der Waals surface area contributed by atoms with E-state index in [1.165, 1.54) is 12.1 Å². The van der Waals surface area contributed by atoms with Crippen molar-refractivity contribution in [2.45, 2.75) is 56.3 Å². The second-order valence-electron chi connectivity index (χ2n) is 8.26. The van der Waals surface area contributed by atoms with Gasteiger partial charge in [-0.25, -0.2) is 8.78 Å².